The van der Waals surface area contributed by atoms with Crippen molar-refractivity contribution in [3.8, 4) is 0 Å². The lowest BCUT2D eigenvalue weighted by Gasteiger charge is -2.22. The van der Waals surface area contributed by atoms with E-state index in [1.165, 1.54) is 13.3 Å². The Labute approximate surface area is 115 Å². The lowest BCUT2D eigenvalue weighted by atomic mass is 10.3. The zero-order chi connectivity index (χ0) is 14.1. The van der Waals surface area contributed by atoms with Gasteiger partial charge in [-0.25, -0.2) is 15.0 Å². The number of carbonyl (C=O) groups is 1. The summed E-state index contributed by atoms with van der Waals surface area (Å²) in [5, 5.41) is 10.1. The quantitative estimate of drug-likeness (QED) is 0.720. The second-order valence-corrected chi connectivity index (χ2v) is 4.86. The third kappa shape index (κ3) is 2.29. The molecule has 2 aromatic rings. The number of hydrogen-bond acceptors (Lipinski definition) is 6. The Morgan fingerprint density at radius 2 is 2.20 bits per heavy atom. The number of nitrogens with zero attached hydrogens (tertiary/aromatic N) is 5. The van der Waals surface area contributed by atoms with Crippen LogP contribution in [0.25, 0.3) is 11.2 Å². The van der Waals surface area contributed by atoms with Crippen molar-refractivity contribution < 1.29 is 9.90 Å². The van der Waals surface area contributed by atoms with Crippen LogP contribution in [0.5, 0.6) is 0 Å². The highest BCUT2D eigenvalue weighted by Gasteiger charge is 2.24. The van der Waals surface area contributed by atoms with Crippen LogP contribution in [0.4, 0.5) is 5.82 Å². The molecule has 0 unspecified atom stereocenters. The van der Waals surface area contributed by atoms with Gasteiger partial charge in [-0.05, 0) is 0 Å². The van der Waals surface area contributed by atoms with Crippen molar-refractivity contribution in [1.82, 2.24) is 24.8 Å². The molecule has 1 fully saturated rings. The van der Waals surface area contributed by atoms with Crippen LogP contribution in [-0.4, -0.2) is 68.1 Å². The number of rotatable bonds is 1. The molecule has 3 rings (SSSR count). The number of β-amino-alcohol motifs (C(OH)–C–C–N with tert-alkyl or cyclic N) is 1. The van der Waals surface area contributed by atoms with Crippen LogP contribution >= 0.6 is 0 Å². The number of aromatic amines is 1. The zero-order valence-electron chi connectivity index (χ0n) is 11.2. The van der Waals surface area contributed by atoms with E-state index in [0.29, 0.717) is 37.6 Å². The Kier molecular flexibility index (Phi) is 3.23. The minimum Gasteiger partial charge on any atom is -0.389 e. The molecule has 8 nitrogen and oxygen atoms in total. The Balaban J connectivity index is 1.90. The van der Waals surface area contributed by atoms with Crippen molar-refractivity contribution in [3.63, 3.8) is 0 Å². The van der Waals surface area contributed by atoms with Crippen molar-refractivity contribution in [2.24, 2.45) is 0 Å². The second-order valence-electron chi connectivity index (χ2n) is 4.86. The first kappa shape index (κ1) is 12.8. The Hall–Kier alpha value is -2.22. The Morgan fingerprint density at radius 1 is 1.35 bits per heavy atom. The summed E-state index contributed by atoms with van der Waals surface area (Å²) in [6.45, 7) is 3.46. The van der Waals surface area contributed by atoms with Crippen LogP contribution in [0.2, 0.25) is 0 Å². The summed E-state index contributed by atoms with van der Waals surface area (Å²) < 4.78 is 0. The summed E-state index contributed by atoms with van der Waals surface area (Å²) in [5.41, 5.74) is 1.34. The molecule has 1 aliphatic heterocycles. The third-order valence-electron chi connectivity index (χ3n) is 3.45. The summed E-state index contributed by atoms with van der Waals surface area (Å²) >= 11 is 0. The molecule has 3 heterocycles. The van der Waals surface area contributed by atoms with Gasteiger partial charge in [-0.3, -0.25) is 4.79 Å². The topological polar surface area (TPSA) is 98.2 Å². The number of aliphatic hydroxyl groups excluding tert-OH is 1. The van der Waals surface area contributed by atoms with Crippen LogP contribution in [0.15, 0.2) is 12.7 Å². The Morgan fingerprint density at radius 3 is 3.00 bits per heavy atom. The number of aliphatic hydroxyl groups is 1. The molecule has 2 aromatic heterocycles. The summed E-state index contributed by atoms with van der Waals surface area (Å²) in [6, 6.07) is 0. The van der Waals surface area contributed by atoms with Gasteiger partial charge in [0.1, 0.15) is 11.8 Å². The fourth-order valence-corrected chi connectivity index (χ4v) is 2.46. The van der Waals surface area contributed by atoms with Crippen LogP contribution in [0.3, 0.4) is 0 Å². The number of nitrogens with one attached hydrogen (secondary N) is 1. The highest BCUT2D eigenvalue weighted by Crippen LogP contribution is 2.21. The average Bonchev–Trinajstić information content (AvgIpc) is 2.81. The molecule has 1 aliphatic rings. The maximum atomic E-state index is 11.5. The van der Waals surface area contributed by atoms with Gasteiger partial charge in [-0.2, -0.15) is 0 Å². The van der Waals surface area contributed by atoms with Crippen LogP contribution in [-0.2, 0) is 4.79 Å². The molecule has 0 aliphatic carbocycles. The van der Waals surface area contributed by atoms with E-state index < -0.39 is 6.10 Å². The fraction of sp³-hybridized carbons (Fsp3) is 0.500. The molecule has 1 amide bonds. The second kappa shape index (κ2) is 5.04. The molecule has 2 N–H and O–H groups in total. The lowest BCUT2D eigenvalue weighted by Crippen LogP contribution is -2.36. The highest BCUT2D eigenvalue weighted by molar-refractivity contribution is 5.82. The number of amides is 1. The SMILES string of the molecule is CC(=O)N1CCN(c2ncnc3nc[nH]c23)C[C@H](O)C1. The van der Waals surface area contributed by atoms with E-state index in [1.807, 2.05) is 4.90 Å². The Bertz CT molecular complexity index is 627. The number of hydrogen-bond donors (Lipinski definition) is 2. The van der Waals surface area contributed by atoms with Crippen molar-refractivity contribution in [1.29, 1.82) is 0 Å². The van der Waals surface area contributed by atoms with Gasteiger partial charge in [-0.1, -0.05) is 0 Å². The lowest BCUT2D eigenvalue weighted by molar-refractivity contribution is -0.129. The maximum absolute atomic E-state index is 11.5. The van der Waals surface area contributed by atoms with Gasteiger partial charge < -0.3 is 19.9 Å². The van der Waals surface area contributed by atoms with E-state index in [0.717, 1.165) is 5.52 Å². The minimum absolute atomic E-state index is 0.0275. The van der Waals surface area contributed by atoms with Gasteiger partial charge in [0.2, 0.25) is 5.91 Å². The summed E-state index contributed by atoms with van der Waals surface area (Å²) in [7, 11) is 0. The number of fused-ring (bicyclic) bond motifs is 1. The predicted molar refractivity (Wildman–Crippen MR) is 72.2 cm³/mol. The van der Waals surface area contributed by atoms with Crippen LogP contribution in [0.1, 0.15) is 6.92 Å². The largest absolute Gasteiger partial charge is 0.389 e. The van der Waals surface area contributed by atoms with Crippen LogP contribution in [0, 0.1) is 0 Å². The molecule has 0 saturated carbocycles. The van der Waals surface area contributed by atoms with Crippen molar-refractivity contribution >= 4 is 22.9 Å². The van der Waals surface area contributed by atoms with Gasteiger partial charge in [0.25, 0.3) is 0 Å². The third-order valence-corrected chi connectivity index (χ3v) is 3.45. The number of H-pyrrole nitrogens is 1. The standard InChI is InChI=1S/C12H16N6O2/c1-8(19)17-2-3-18(5-9(20)4-17)12-10-11(14-6-13-10)15-7-16-12/h6-7,9,20H,2-5H2,1H3,(H,13,14,15,16)/t9-/m1/s1. The monoisotopic (exact) mass is 276 g/mol. The fourth-order valence-electron chi connectivity index (χ4n) is 2.46. The molecular formula is C12H16N6O2. The minimum atomic E-state index is -0.602. The molecule has 1 atom stereocenters. The van der Waals surface area contributed by atoms with E-state index >= 15 is 0 Å². The van der Waals surface area contributed by atoms with E-state index in [1.54, 1.807) is 11.2 Å². The van der Waals surface area contributed by atoms with E-state index in [2.05, 4.69) is 19.9 Å². The van der Waals surface area contributed by atoms with E-state index in [4.69, 9.17) is 0 Å². The molecule has 0 spiro atoms. The number of aromatic nitrogens is 4. The number of anilines is 1. The molecule has 0 radical (unpaired) electrons. The average molecular weight is 276 g/mol. The van der Waals surface area contributed by atoms with Gasteiger partial charge >= 0.3 is 0 Å². The normalized spacial score (nSPS) is 20.2. The van der Waals surface area contributed by atoms with Crippen molar-refractivity contribution in [3.05, 3.63) is 12.7 Å². The molecular weight excluding hydrogens is 260 g/mol. The van der Waals surface area contributed by atoms with Gasteiger partial charge in [0.15, 0.2) is 11.5 Å². The molecule has 0 bridgehead atoms. The van der Waals surface area contributed by atoms with E-state index in [-0.39, 0.29) is 5.91 Å². The van der Waals surface area contributed by atoms with Gasteiger partial charge in [0, 0.05) is 33.1 Å². The first-order chi connectivity index (χ1) is 9.65. The number of imidazole rings is 1. The molecule has 20 heavy (non-hydrogen) atoms. The highest BCUT2D eigenvalue weighted by atomic mass is 16.3. The van der Waals surface area contributed by atoms with Crippen molar-refractivity contribution in [2.75, 3.05) is 31.1 Å². The molecule has 106 valence electrons. The first-order valence-corrected chi connectivity index (χ1v) is 6.48. The predicted octanol–water partition coefficient (Wildman–Crippen LogP) is -0.618. The van der Waals surface area contributed by atoms with Gasteiger partial charge in [-0.15, -0.1) is 0 Å². The zero-order valence-corrected chi connectivity index (χ0v) is 11.2. The van der Waals surface area contributed by atoms with Crippen LogP contribution < -0.4 is 4.90 Å². The molecule has 1 saturated heterocycles. The molecule has 8 heteroatoms. The first-order valence-electron chi connectivity index (χ1n) is 6.48. The smallest absolute Gasteiger partial charge is 0.219 e. The van der Waals surface area contributed by atoms with Crippen molar-refractivity contribution in [2.45, 2.75) is 13.0 Å². The molecule has 0 aromatic carbocycles. The summed E-state index contributed by atoms with van der Waals surface area (Å²) in [6.07, 6.45) is 2.42. The summed E-state index contributed by atoms with van der Waals surface area (Å²) in [4.78, 5) is 30.5. The number of carbonyl (C=O) groups excluding carboxylic acids is 1. The summed E-state index contributed by atoms with van der Waals surface area (Å²) in [5.74, 6) is 0.678. The van der Waals surface area contributed by atoms with E-state index in [9.17, 15) is 9.90 Å². The maximum Gasteiger partial charge on any atom is 0.219 e. The van der Waals surface area contributed by atoms with Gasteiger partial charge in [0.05, 0.1) is 12.4 Å².